The minimum Gasteiger partial charge on any atom is -0.296 e. The molecular weight excluding hydrogens is 324 g/mol. The van der Waals surface area contributed by atoms with Crippen LogP contribution in [0.25, 0.3) is 5.52 Å². The molecule has 0 unspecified atom stereocenters. The Labute approximate surface area is 156 Å². The highest BCUT2D eigenvalue weighted by Crippen LogP contribution is 2.32. The summed E-state index contributed by atoms with van der Waals surface area (Å²) in [6.45, 7) is 4.00. The van der Waals surface area contributed by atoms with Crippen LogP contribution in [0.1, 0.15) is 95.6 Å². The predicted octanol–water partition coefficient (Wildman–Crippen LogP) is 4.62. The summed E-state index contributed by atoms with van der Waals surface area (Å²) in [4.78, 5) is 17.3. The molecule has 2 aliphatic rings. The molecule has 0 amide bonds. The van der Waals surface area contributed by atoms with Gasteiger partial charge in [0, 0.05) is 19.4 Å². The van der Waals surface area contributed by atoms with Crippen molar-refractivity contribution < 1.29 is 0 Å². The minimum absolute atomic E-state index is 0.0466. The molecule has 2 aromatic heterocycles. The zero-order valence-electron chi connectivity index (χ0n) is 16.7. The molecule has 0 bridgehead atoms. The van der Waals surface area contributed by atoms with Crippen molar-refractivity contribution in [1.82, 2.24) is 19.2 Å². The zero-order valence-corrected chi connectivity index (χ0v) is 16.7. The summed E-state index contributed by atoms with van der Waals surface area (Å²) >= 11 is 0. The number of aromatic nitrogens is 4. The van der Waals surface area contributed by atoms with Gasteiger partial charge in [0.25, 0.3) is 5.56 Å². The first-order valence-electron chi connectivity index (χ1n) is 10.7. The van der Waals surface area contributed by atoms with E-state index in [1.165, 1.54) is 64.2 Å². The van der Waals surface area contributed by atoms with Gasteiger partial charge in [-0.1, -0.05) is 65.2 Å². The van der Waals surface area contributed by atoms with Gasteiger partial charge in [0.2, 0.25) is 0 Å². The molecule has 0 saturated heterocycles. The van der Waals surface area contributed by atoms with Gasteiger partial charge >= 0.3 is 0 Å². The molecule has 0 spiro atoms. The van der Waals surface area contributed by atoms with Crippen LogP contribution in [-0.2, 0) is 13.5 Å². The normalized spacial score (nSPS) is 19.3. The van der Waals surface area contributed by atoms with Crippen LogP contribution in [0.4, 0.5) is 0 Å². The van der Waals surface area contributed by atoms with Crippen LogP contribution in [0.3, 0.4) is 0 Å². The molecule has 0 N–H and O–H groups in total. The Morgan fingerprint density at radius 2 is 1.62 bits per heavy atom. The lowest BCUT2D eigenvalue weighted by Crippen LogP contribution is -2.27. The van der Waals surface area contributed by atoms with Crippen molar-refractivity contribution in [2.75, 3.05) is 0 Å². The van der Waals surface area contributed by atoms with Crippen LogP contribution in [0.2, 0.25) is 0 Å². The third-order valence-electron chi connectivity index (χ3n) is 6.06. The van der Waals surface area contributed by atoms with E-state index in [9.17, 15) is 4.79 Å². The van der Waals surface area contributed by atoms with E-state index in [0.29, 0.717) is 17.4 Å². The van der Waals surface area contributed by atoms with E-state index in [4.69, 9.17) is 5.10 Å². The van der Waals surface area contributed by atoms with Gasteiger partial charge in [-0.2, -0.15) is 5.10 Å². The van der Waals surface area contributed by atoms with E-state index < -0.39 is 0 Å². The monoisotopic (exact) mass is 358 g/mol. The Balaban J connectivity index is 0.000000948. The van der Waals surface area contributed by atoms with Crippen LogP contribution in [-0.4, -0.2) is 19.2 Å². The molecule has 26 heavy (non-hydrogen) atoms. The van der Waals surface area contributed by atoms with Crippen LogP contribution in [0, 0.1) is 5.92 Å². The van der Waals surface area contributed by atoms with Crippen molar-refractivity contribution in [1.29, 1.82) is 0 Å². The number of hydrogen-bond acceptors (Lipinski definition) is 3. The summed E-state index contributed by atoms with van der Waals surface area (Å²) in [7, 11) is 1.86. The molecule has 144 valence electrons. The first-order chi connectivity index (χ1) is 12.7. The quantitative estimate of drug-likeness (QED) is 0.804. The average Bonchev–Trinajstić information content (AvgIpc) is 3.13. The number of rotatable bonds is 3. The molecule has 0 atom stereocenters. The molecule has 2 aromatic rings. The van der Waals surface area contributed by atoms with Gasteiger partial charge in [-0.3, -0.25) is 9.36 Å². The topological polar surface area (TPSA) is 52.2 Å². The smallest absolute Gasteiger partial charge is 0.279 e. The van der Waals surface area contributed by atoms with Crippen molar-refractivity contribution in [2.45, 2.75) is 90.4 Å². The summed E-state index contributed by atoms with van der Waals surface area (Å²) < 4.78 is 3.62. The Kier molecular flexibility index (Phi) is 6.49. The van der Waals surface area contributed by atoms with Gasteiger partial charge in [0.05, 0.1) is 6.20 Å². The molecule has 0 radical (unpaired) electrons. The third kappa shape index (κ3) is 3.86. The second-order valence-electron chi connectivity index (χ2n) is 7.74. The van der Waals surface area contributed by atoms with Gasteiger partial charge in [-0.15, -0.1) is 0 Å². The lowest BCUT2D eigenvalue weighted by Gasteiger charge is -2.22. The molecule has 0 aliphatic heterocycles. The molecule has 0 aromatic carbocycles. The lowest BCUT2D eigenvalue weighted by molar-refractivity contribution is 0.345. The largest absolute Gasteiger partial charge is 0.296 e. The number of nitrogens with zero attached hydrogens (tertiary/aromatic N) is 4. The highest BCUT2D eigenvalue weighted by molar-refractivity contribution is 5.43. The van der Waals surface area contributed by atoms with E-state index in [-0.39, 0.29) is 5.56 Å². The van der Waals surface area contributed by atoms with Gasteiger partial charge in [-0.25, -0.2) is 9.50 Å². The fourth-order valence-corrected chi connectivity index (χ4v) is 4.55. The van der Waals surface area contributed by atoms with Gasteiger partial charge in [0.15, 0.2) is 5.52 Å². The summed E-state index contributed by atoms with van der Waals surface area (Å²) in [5, 5.41) is 4.88. The van der Waals surface area contributed by atoms with Crippen LogP contribution >= 0.6 is 0 Å². The average molecular weight is 359 g/mol. The summed E-state index contributed by atoms with van der Waals surface area (Å²) in [5.74, 6) is 3.07. The maximum atomic E-state index is 12.7. The molecule has 5 heteroatoms. The van der Waals surface area contributed by atoms with Crippen molar-refractivity contribution in [3.05, 3.63) is 28.2 Å². The van der Waals surface area contributed by atoms with E-state index in [1.54, 1.807) is 10.8 Å². The van der Waals surface area contributed by atoms with Gasteiger partial charge < -0.3 is 0 Å². The van der Waals surface area contributed by atoms with Gasteiger partial charge in [0.1, 0.15) is 11.6 Å². The fraction of sp³-hybridized carbons (Fsp3) is 0.762. The van der Waals surface area contributed by atoms with Crippen molar-refractivity contribution in [3.63, 3.8) is 0 Å². The third-order valence-corrected chi connectivity index (χ3v) is 6.06. The molecule has 2 aliphatic carbocycles. The highest BCUT2D eigenvalue weighted by Gasteiger charge is 2.23. The highest BCUT2D eigenvalue weighted by atomic mass is 16.1. The lowest BCUT2D eigenvalue weighted by atomic mass is 9.87. The summed E-state index contributed by atoms with van der Waals surface area (Å²) in [6, 6.07) is 0. The van der Waals surface area contributed by atoms with E-state index >= 15 is 0 Å². The number of fused-ring (bicyclic) bond motifs is 1. The zero-order chi connectivity index (χ0) is 18.5. The standard InChI is InChI=1S/C19H28N4O.C2H6/c1-22-17(12-14-8-4-2-5-9-14)21-23-16(19(22)24)13-20-18(23)15-10-6-3-7-11-15;1-2/h13-15H,2-12H2,1H3;1-2H3. The summed E-state index contributed by atoms with van der Waals surface area (Å²) in [6.07, 6.45) is 15.4. The van der Waals surface area contributed by atoms with Crippen LogP contribution in [0.15, 0.2) is 11.0 Å². The maximum Gasteiger partial charge on any atom is 0.279 e. The number of hydrogen-bond donors (Lipinski definition) is 0. The van der Waals surface area contributed by atoms with E-state index in [0.717, 1.165) is 18.1 Å². The van der Waals surface area contributed by atoms with Crippen LogP contribution < -0.4 is 5.56 Å². The van der Waals surface area contributed by atoms with Gasteiger partial charge in [-0.05, 0) is 18.8 Å². The van der Waals surface area contributed by atoms with Crippen molar-refractivity contribution in [2.24, 2.45) is 13.0 Å². The Bertz CT molecular complexity index is 764. The first-order valence-corrected chi connectivity index (χ1v) is 10.7. The molecule has 2 heterocycles. The minimum atomic E-state index is 0.0466. The Morgan fingerprint density at radius 3 is 2.27 bits per heavy atom. The first kappa shape index (κ1) is 19.1. The molecule has 4 rings (SSSR count). The summed E-state index contributed by atoms with van der Waals surface area (Å²) in [5.41, 5.74) is 0.677. The second kappa shape index (κ2) is 8.83. The molecular formula is C21H34N4O. The van der Waals surface area contributed by atoms with Crippen LogP contribution in [0.5, 0.6) is 0 Å². The predicted molar refractivity (Wildman–Crippen MR) is 106 cm³/mol. The van der Waals surface area contributed by atoms with E-state index in [2.05, 4.69) is 4.98 Å². The SMILES string of the molecule is CC.Cn1c(CC2CCCCC2)nn2c(C3CCCCC3)ncc2c1=O. The van der Waals surface area contributed by atoms with Crippen molar-refractivity contribution >= 4 is 5.52 Å². The molecule has 5 nitrogen and oxygen atoms in total. The molecule has 2 fully saturated rings. The van der Waals surface area contributed by atoms with Crippen molar-refractivity contribution in [3.8, 4) is 0 Å². The Morgan fingerprint density at radius 1 is 1.00 bits per heavy atom. The Hall–Kier alpha value is -1.65. The fourth-order valence-electron chi connectivity index (χ4n) is 4.55. The molecule has 2 saturated carbocycles. The number of imidazole rings is 1. The van der Waals surface area contributed by atoms with E-state index in [1.807, 2.05) is 25.4 Å². The maximum absolute atomic E-state index is 12.7. The second-order valence-corrected chi connectivity index (χ2v) is 7.74.